The molecule has 0 bridgehead atoms. The number of rotatable bonds is 3. The van der Waals surface area contributed by atoms with E-state index in [0.717, 1.165) is 18.4 Å². The van der Waals surface area contributed by atoms with Crippen LogP contribution >= 0.6 is 0 Å². The fourth-order valence-corrected chi connectivity index (χ4v) is 1.03. The number of ether oxygens (including phenoxy) is 1. The van der Waals surface area contributed by atoms with Crippen LogP contribution in [0.1, 0.15) is 18.4 Å². The summed E-state index contributed by atoms with van der Waals surface area (Å²) in [6, 6.07) is 1.61. The topological polar surface area (TPSA) is 48.1 Å². The highest BCUT2D eigenvalue weighted by Crippen LogP contribution is 2.28. The van der Waals surface area contributed by atoms with Gasteiger partial charge in [-0.3, -0.25) is 0 Å². The van der Waals surface area contributed by atoms with Crippen LogP contribution in [0.3, 0.4) is 0 Å². The zero-order valence-corrected chi connectivity index (χ0v) is 7.16. The zero-order valence-electron chi connectivity index (χ0n) is 7.16. The van der Waals surface area contributed by atoms with Gasteiger partial charge in [-0.15, -0.1) is 0 Å². The summed E-state index contributed by atoms with van der Waals surface area (Å²) in [5.74, 6) is -0.324. The summed E-state index contributed by atoms with van der Waals surface area (Å²) in [7, 11) is 0. The Labute approximate surface area is 75.7 Å². The van der Waals surface area contributed by atoms with E-state index in [2.05, 4.69) is 4.98 Å². The predicted octanol–water partition coefficient (Wildman–Crippen LogP) is 1.22. The molecule has 13 heavy (non-hydrogen) atoms. The van der Waals surface area contributed by atoms with Crippen molar-refractivity contribution in [3.05, 3.63) is 23.8 Å². The Morgan fingerprint density at radius 2 is 2.38 bits per heavy atom. The normalized spacial score (nSPS) is 15.8. The lowest BCUT2D eigenvalue weighted by atomic mass is 10.3. The minimum absolute atomic E-state index is 0.185. The van der Waals surface area contributed by atoms with Crippen molar-refractivity contribution in [1.29, 1.82) is 0 Å². The lowest BCUT2D eigenvalue weighted by Crippen LogP contribution is -2.03. The molecule has 0 spiro atoms. The molecule has 1 fully saturated rings. The van der Waals surface area contributed by atoms with Crippen molar-refractivity contribution in [1.82, 2.24) is 4.98 Å². The Kier molecular flexibility index (Phi) is 2.14. The van der Waals surface area contributed by atoms with Gasteiger partial charge in [-0.05, 0) is 24.5 Å². The van der Waals surface area contributed by atoms with Crippen LogP contribution in [-0.4, -0.2) is 11.1 Å². The van der Waals surface area contributed by atoms with Gasteiger partial charge in [0, 0.05) is 12.7 Å². The van der Waals surface area contributed by atoms with Crippen molar-refractivity contribution in [3.8, 4) is 5.75 Å². The van der Waals surface area contributed by atoms with Gasteiger partial charge in [0.25, 0.3) is 5.95 Å². The van der Waals surface area contributed by atoms with E-state index in [-0.39, 0.29) is 11.9 Å². The largest absolute Gasteiger partial charge is 0.486 e. The number of nitrogens with two attached hydrogens (primary N) is 1. The standard InChI is InChI=1S/C9H11FN2O/c10-9-8(13-7-1-2-7)3-6(4-11)5-12-9/h3,5,7H,1-2,4,11H2. The predicted molar refractivity (Wildman–Crippen MR) is 45.7 cm³/mol. The third kappa shape index (κ3) is 1.95. The van der Waals surface area contributed by atoms with E-state index in [1.165, 1.54) is 6.20 Å². The minimum Gasteiger partial charge on any atom is -0.486 e. The number of pyridine rings is 1. The number of halogens is 1. The van der Waals surface area contributed by atoms with Gasteiger partial charge in [0.05, 0.1) is 6.10 Å². The third-order valence-corrected chi connectivity index (χ3v) is 1.92. The van der Waals surface area contributed by atoms with Crippen LogP contribution in [-0.2, 0) is 6.54 Å². The maximum absolute atomic E-state index is 13.0. The highest BCUT2D eigenvalue weighted by Gasteiger charge is 2.25. The van der Waals surface area contributed by atoms with Gasteiger partial charge in [0.1, 0.15) is 0 Å². The molecular weight excluding hydrogens is 171 g/mol. The van der Waals surface area contributed by atoms with Crippen LogP contribution in [0.4, 0.5) is 4.39 Å². The smallest absolute Gasteiger partial charge is 0.255 e. The first-order chi connectivity index (χ1) is 6.29. The van der Waals surface area contributed by atoms with Crippen LogP contribution in [0.15, 0.2) is 12.3 Å². The highest BCUT2D eigenvalue weighted by molar-refractivity contribution is 5.25. The summed E-state index contributed by atoms with van der Waals surface area (Å²) in [5, 5.41) is 0. The zero-order chi connectivity index (χ0) is 9.26. The molecule has 0 unspecified atom stereocenters. The Hall–Kier alpha value is -1.16. The molecule has 1 aliphatic carbocycles. The van der Waals surface area contributed by atoms with Crippen LogP contribution in [0.25, 0.3) is 0 Å². The van der Waals surface area contributed by atoms with E-state index in [1.54, 1.807) is 6.07 Å². The number of aromatic nitrogens is 1. The van der Waals surface area contributed by atoms with Crippen molar-refractivity contribution >= 4 is 0 Å². The van der Waals surface area contributed by atoms with E-state index in [9.17, 15) is 4.39 Å². The maximum Gasteiger partial charge on any atom is 0.255 e. The number of hydrogen-bond acceptors (Lipinski definition) is 3. The van der Waals surface area contributed by atoms with Gasteiger partial charge < -0.3 is 10.5 Å². The van der Waals surface area contributed by atoms with Crippen molar-refractivity contribution in [2.75, 3.05) is 0 Å². The molecule has 0 radical (unpaired) electrons. The summed E-state index contributed by atoms with van der Waals surface area (Å²) in [6.07, 6.45) is 3.62. The second kappa shape index (κ2) is 3.30. The summed E-state index contributed by atoms with van der Waals surface area (Å²) >= 11 is 0. The van der Waals surface area contributed by atoms with Crippen molar-refractivity contribution < 1.29 is 9.13 Å². The number of hydrogen-bond donors (Lipinski definition) is 1. The van der Waals surface area contributed by atoms with Crippen LogP contribution in [0.2, 0.25) is 0 Å². The monoisotopic (exact) mass is 182 g/mol. The van der Waals surface area contributed by atoms with Crippen LogP contribution in [0.5, 0.6) is 5.75 Å². The molecule has 4 heteroatoms. The summed E-state index contributed by atoms with van der Waals surface area (Å²) < 4.78 is 18.3. The molecule has 0 saturated heterocycles. The Morgan fingerprint density at radius 1 is 1.62 bits per heavy atom. The highest BCUT2D eigenvalue weighted by atomic mass is 19.1. The molecule has 0 aromatic carbocycles. The van der Waals surface area contributed by atoms with Crippen molar-refractivity contribution in [3.63, 3.8) is 0 Å². The van der Waals surface area contributed by atoms with E-state index in [0.29, 0.717) is 6.54 Å². The molecule has 0 amide bonds. The van der Waals surface area contributed by atoms with Crippen LogP contribution in [0, 0.1) is 5.95 Å². The average molecular weight is 182 g/mol. The minimum atomic E-state index is -0.552. The van der Waals surface area contributed by atoms with Gasteiger partial charge in [0.15, 0.2) is 5.75 Å². The van der Waals surface area contributed by atoms with Gasteiger partial charge >= 0.3 is 0 Å². The first kappa shape index (κ1) is 8.44. The van der Waals surface area contributed by atoms with Crippen LogP contribution < -0.4 is 10.5 Å². The molecule has 1 aliphatic rings. The quantitative estimate of drug-likeness (QED) is 0.715. The lowest BCUT2D eigenvalue weighted by molar-refractivity contribution is 0.283. The van der Waals surface area contributed by atoms with Gasteiger partial charge in [-0.1, -0.05) is 0 Å². The molecule has 0 aliphatic heterocycles. The van der Waals surface area contributed by atoms with Crippen molar-refractivity contribution in [2.45, 2.75) is 25.5 Å². The van der Waals surface area contributed by atoms with E-state index in [4.69, 9.17) is 10.5 Å². The maximum atomic E-state index is 13.0. The fourth-order valence-electron chi connectivity index (χ4n) is 1.03. The third-order valence-electron chi connectivity index (χ3n) is 1.92. The van der Waals surface area contributed by atoms with E-state index in [1.807, 2.05) is 0 Å². The molecule has 0 atom stereocenters. The molecule has 2 N–H and O–H groups in total. The molecule has 3 nitrogen and oxygen atoms in total. The first-order valence-electron chi connectivity index (χ1n) is 4.30. The Morgan fingerprint density at radius 3 is 3.00 bits per heavy atom. The molecule has 1 aromatic heterocycles. The van der Waals surface area contributed by atoms with Gasteiger partial charge in [-0.25, -0.2) is 4.98 Å². The van der Waals surface area contributed by atoms with Gasteiger partial charge in [-0.2, -0.15) is 4.39 Å². The first-order valence-corrected chi connectivity index (χ1v) is 4.30. The summed E-state index contributed by atoms with van der Waals surface area (Å²) in [6.45, 7) is 0.355. The molecule has 2 rings (SSSR count). The second-order valence-corrected chi connectivity index (χ2v) is 3.15. The molecular formula is C9H11FN2O. The van der Waals surface area contributed by atoms with E-state index >= 15 is 0 Å². The SMILES string of the molecule is NCc1cnc(F)c(OC2CC2)c1. The lowest BCUT2D eigenvalue weighted by Gasteiger charge is -2.05. The number of nitrogens with zero attached hydrogens (tertiary/aromatic N) is 1. The molecule has 70 valence electrons. The fraction of sp³-hybridized carbons (Fsp3) is 0.444. The second-order valence-electron chi connectivity index (χ2n) is 3.15. The van der Waals surface area contributed by atoms with Crippen molar-refractivity contribution in [2.24, 2.45) is 5.73 Å². The average Bonchev–Trinajstić information content (AvgIpc) is 2.93. The molecule has 1 aromatic rings. The Balaban J connectivity index is 2.19. The molecule has 1 heterocycles. The summed E-state index contributed by atoms with van der Waals surface area (Å²) in [5.41, 5.74) is 6.19. The van der Waals surface area contributed by atoms with E-state index < -0.39 is 5.95 Å². The molecule has 1 saturated carbocycles. The Bertz CT molecular complexity index is 312. The van der Waals surface area contributed by atoms with Gasteiger partial charge in [0.2, 0.25) is 0 Å². The summed E-state index contributed by atoms with van der Waals surface area (Å²) in [4.78, 5) is 3.56.